The van der Waals surface area contributed by atoms with Crippen molar-refractivity contribution in [1.82, 2.24) is 15.0 Å². The Morgan fingerprint density at radius 1 is 0.840 bits per heavy atom. The molecule has 0 saturated heterocycles. The molecule has 6 N–H and O–H groups in total. The van der Waals surface area contributed by atoms with Crippen LogP contribution in [0.3, 0.4) is 0 Å². The molecule has 0 unspecified atom stereocenters. The van der Waals surface area contributed by atoms with Gasteiger partial charge in [-0.25, -0.2) is 0 Å². The zero-order chi connectivity index (χ0) is 17.4. The number of rotatable bonds is 4. The van der Waals surface area contributed by atoms with Gasteiger partial charge in [-0.1, -0.05) is 0 Å². The maximum absolute atomic E-state index is 11.9. The standard InChI is InChI=1S/C19H16N4O2/c20-19(25)12-10-11(13-4-1-7-21-13)16(14-5-2-8-22-14)17(18(12)24)15-6-3-9-23-15/h1-10,21-24H,(H2,20,25). The van der Waals surface area contributed by atoms with Crippen molar-refractivity contribution in [3.8, 4) is 39.5 Å². The number of hydrogen-bond donors (Lipinski definition) is 5. The fourth-order valence-electron chi connectivity index (χ4n) is 3.08. The number of nitrogens with one attached hydrogen (secondary N) is 3. The van der Waals surface area contributed by atoms with Crippen molar-refractivity contribution in [2.75, 3.05) is 0 Å². The highest BCUT2D eigenvalue weighted by Crippen LogP contribution is 2.45. The first-order valence-corrected chi connectivity index (χ1v) is 7.78. The monoisotopic (exact) mass is 332 g/mol. The van der Waals surface area contributed by atoms with Crippen LogP contribution in [0.4, 0.5) is 0 Å². The Morgan fingerprint density at radius 2 is 1.36 bits per heavy atom. The topological polar surface area (TPSA) is 111 Å². The molecule has 0 aliphatic rings. The third-order valence-electron chi connectivity index (χ3n) is 4.19. The summed E-state index contributed by atoms with van der Waals surface area (Å²) in [5, 5.41) is 10.8. The van der Waals surface area contributed by atoms with E-state index < -0.39 is 5.91 Å². The average molecular weight is 332 g/mol. The lowest BCUT2D eigenvalue weighted by molar-refractivity contribution is 0.0998. The van der Waals surface area contributed by atoms with E-state index in [0.717, 1.165) is 22.5 Å². The highest BCUT2D eigenvalue weighted by molar-refractivity contribution is 6.05. The third-order valence-corrected chi connectivity index (χ3v) is 4.19. The van der Waals surface area contributed by atoms with Crippen LogP contribution in [0, 0.1) is 0 Å². The van der Waals surface area contributed by atoms with Crippen LogP contribution in [-0.4, -0.2) is 26.0 Å². The van der Waals surface area contributed by atoms with E-state index in [1.54, 1.807) is 18.5 Å². The highest BCUT2D eigenvalue weighted by Gasteiger charge is 2.24. The number of H-pyrrole nitrogens is 3. The summed E-state index contributed by atoms with van der Waals surface area (Å²) >= 11 is 0. The van der Waals surface area contributed by atoms with Crippen molar-refractivity contribution in [3.05, 3.63) is 66.6 Å². The minimum Gasteiger partial charge on any atom is -0.506 e. The number of aromatic hydroxyl groups is 1. The summed E-state index contributed by atoms with van der Waals surface area (Å²) in [5.74, 6) is -0.828. The van der Waals surface area contributed by atoms with Gasteiger partial charge in [0.25, 0.3) is 5.91 Å². The average Bonchev–Trinajstić information content (AvgIpc) is 3.35. The van der Waals surface area contributed by atoms with Gasteiger partial charge < -0.3 is 25.8 Å². The molecule has 124 valence electrons. The van der Waals surface area contributed by atoms with E-state index in [0.29, 0.717) is 11.3 Å². The molecule has 3 heterocycles. The second kappa shape index (κ2) is 5.76. The Kier molecular flexibility index (Phi) is 3.43. The number of carbonyl (C=O) groups excluding carboxylic acids is 1. The highest BCUT2D eigenvalue weighted by atomic mass is 16.3. The van der Waals surface area contributed by atoms with Crippen LogP contribution in [0.15, 0.2) is 61.1 Å². The molecule has 0 fully saturated rings. The maximum atomic E-state index is 11.9. The summed E-state index contributed by atoms with van der Waals surface area (Å²) in [6, 6.07) is 12.9. The lowest BCUT2D eigenvalue weighted by Gasteiger charge is -2.17. The van der Waals surface area contributed by atoms with Crippen molar-refractivity contribution < 1.29 is 9.90 Å². The molecule has 25 heavy (non-hydrogen) atoms. The predicted octanol–water partition coefficient (Wildman–Crippen LogP) is 3.48. The zero-order valence-electron chi connectivity index (χ0n) is 13.2. The van der Waals surface area contributed by atoms with Crippen LogP contribution in [0.25, 0.3) is 33.8 Å². The first-order valence-electron chi connectivity index (χ1n) is 7.78. The lowest BCUT2D eigenvalue weighted by atomic mass is 9.90. The van der Waals surface area contributed by atoms with E-state index in [-0.39, 0.29) is 11.3 Å². The summed E-state index contributed by atoms with van der Waals surface area (Å²) in [5.41, 5.74) is 9.97. The van der Waals surface area contributed by atoms with Gasteiger partial charge in [-0.15, -0.1) is 0 Å². The first-order chi connectivity index (χ1) is 12.2. The number of carbonyl (C=O) groups is 1. The van der Waals surface area contributed by atoms with Crippen LogP contribution < -0.4 is 5.73 Å². The third kappa shape index (κ3) is 2.40. The van der Waals surface area contributed by atoms with E-state index in [2.05, 4.69) is 15.0 Å². The molecule has 4 rings (SSSR count). The Morgan fingerprint density at radius 3 is 1.84 bits per heavy atom. The van der Waals surface area contributed by atoms with Crippen LogP contribution in [0.5, 0.6) is 5.75 Å². The van der Waals surface area contributed by atoms with Gasteiger partial charge in [-0.3, -0.25) is 4.79 Å². The number of aromatic amines is 3. The van der Waals surface area contributed by atoms with Crippen LogP contribution in [0.1, 0.15) is 10.4 Å². The molecule has 4 aromatic rings. The van der Waals surface area contributed by atoms with Crippen molar-refractivity contribution in [3.63, 3.8) is 0 Å². The molecule has 0 spiro atoms. The van der Waals surface area contributed by atoms with Gasteiger partial charge >= 0.3 is 0 Å². The van der Waals surface area contributed by atoms with Gasteiger partial charge in [-0.2, -0.15) is 0 Å². The second-order valence-corrected chi connectivity index (χ2v) is 5.69. The number of benzene rings is 1. The van der Waals surface area contributed by atoms with E-state index in [9.17, 15) is 9.90 Å². The molecule has 0 radical (unpaired) electrons. The quantitative estimate of drug-likeness (QED) is 0.394. The number of nitrogens with two attached hydrogens (primary N) is 1. The number of primary amides is 1. The minimum atomic E-state index is -0.684. The Balaban J connectivity index is 2.15. The SMILES string of the molecule is NC(=O)c1cc(-c2ccc[nH]2)c(-c2ccc[nH]2)c(-c2ccc[nH]2)c1O. The molecular formula is C19H16N4O2. The normalized spacial score (nSPS) is 10.9. The van der Waals surface area contributed by atoms with E-state index in [4.69, 9.17) is 5.73 Å². The lowest BCUT2D eigenvalue weighted by Crippen LogP contribution is -2.12. The summed E-state index contributed by atoms with van der Waals surface area (Å²) in [7, 11) is 0. The maximum Gasteiger partial charge on any atom is 0.252 e. The smallest absolute Gasteiger partial charge is 0.252 e. The van der Waals surface area contributed by atoms with Crippen molar-refractivity contribution in [2.45, 2.75) is 0 Å². The Hall–Kier alpha value is -3.67. The van der Waals surface area contributed by atoms with Crippen LogP contribution >= 0.6 is 0 Å². The second-order valence-electron chi connectivity index (χ2n) is 5.69. The molecule has 1 aromatic carbocycles. The molecule has 0 saturated carbocycles. The summed E-state index contributed by atoms with van der Waals surface area (Å²) < 4.78 is 0. The minimum absolute atomic E-state index is 0.0736. The molecule has 1 amide bonds. The van der Waals surface area contributed by atoms with Crippen molar-refractivity contribution >= 4 is 5.91 Å². The zero-order valence-corrected chi connectivity index (χ0v) is 13.2. The Labute approximate surface area is 143 Å². The van der Waals surface area contributed by atoms with E-state index >= 15 is 0 Å². The molecule has 3 aromatic heterocycles. The molecule has 6 nitrogen and oxygen atoms in total. The van der Waals surface area contributed by atoms with Gasteiger partial charge in [0, 0.05) is 46.8 Å². The van der Waals surface area contributed by atoms with Gasteiger partial charge in [0.1, 0.15) is 5.75 Å². The van der Waals surface area contributed by atoms with Gasteiger partial charge in [0.15, 0.2) is 0 Å². The Bertz CT molecular complexity index is 1010. The van der Waals surface area contributed by atoms with Gasteiger partial charge in [0.2, 0.25) is 0 Å². The molecular weight excluding hydrogens is 316 g/mol. The predicted molar refractivity (Wildman–Crippen MR) is 96.0 cm³/mol. The molecule has 0 aliphatic carbocycles. The number of phenols is 1. The largest absolute Gasteiger partial charge is 0.506 e. The van der Waals surface area contributed by atoms with Crippen LogP contribution in [-0.2, 0) is 0 Å². The molecule has 6 heteroatoms. The number of aromatic nitrogens is 3. The van der Waals surface area contributed by atoms with Gasteiger partial charge in [-0.05, 0) is 42.5 Å². The van der Waals surface area contributed by atoms with E-state index in [1.165, 1.54) is 0 Å². The molecule has 0 bridgehead atoms. The van der Waals surface area contributed by atoms with Crippen molar-refractivity contribution in [1.29, 1.82) is 0 Å². The number of hydrogen-bond acceptors (Lipinski definition) is 2. The summed E-state index contributed by atoms with van der Waals surface area (Å²) in [6.07, 6.45) is 5.38. The summed E-state index contributed by atoms with van der Waals surface area (Å²) in [4.78, 5) is 21.3. The van der Waals surface area contributed by atoms with Crippen LogP contribution in [0.2, 0.25) is 0 Å². The number of amides is 1. The molecule has 0 atom stereocenters. The fraction of sp³-hybridized carbons (Fsp3) is 0. The van der Waals surface area contributed by atoms with E-state index in [1.807, 2.05) is 42.6 Å². The first kappa shape index (κ1) is 14.9. The summed E-state index contributed by atoms with van der Waals surface area (Å²) in [6.45, 7) is 0. The molecule has 0 aliphatic heterocycles. The van der Waals surface area contributed by atoms with Gasteiger partial charge in [0.05, 0.1) is 11.1 Å². The fourth-order valence-corrected chi connectivity index (χ4v) is 3.08. The van der Waals surface area contributed by atoms with Crippen molar-refractivity contribution in [2.24, 2.45) is 5.73 Å².